The van der Waals surface area contributed by atoms with E-state index in [-0.39, 0.29) is 17.2 Å². The van der Waals surface area contributed by atoms with Crippen molar-refractivity contribution in [2.45, 2.75) is 45.2 Å². The highest BCUT2D eigenvalue weighted by Crippen LogP contribution is 2.28. The molecule has 0 bridgehead atoms. The zero-order chi connectivity index (χ0) is 21.1. The number of pyridine rings is 1. The zero-order valence-corrected chi connectivity index (χ0v) is 17.8. The topological polar surface area (TPSA) is 74.2 Å². The summed E-state index contributed by atoms with van der Waals surface area (Å²) in [5.41, 5.74) is -0.0245. The monoisotopic (exact) mass is 436 g/mol. The van der Waals surface area contributed by atoms with Gasteiger partial charge in [0.2, 0.25) is 10.1 Å². The number of hydrogen-bond donors (Lipinski definition) is 1. The lowest BCUT2D eigenvalue weighted by atomic mass is 9.95. The molecule has 1 amide bonds. The Balaban J connectivity index is 1.29. The number of halogens is 2. The highest BCUT2D eigenvalue weighted by molar-refractivity contribution is 7.17. The Hall–Kier alpha value is -2.20. The fraction of sp³-hybridized carbons (Fsp3) is 0.600. The highest BCUT2D eigenvalue weighted by atomic mass is 32.1. The van der Waals surface area contributed by atoms with Crippen LogP contribution in [-0.2, 0) is 6.54 Å². The van der Waals surface area contributed by atoms with Crippen LogP contribution < -0.4 is 10.2 Å². The Morgan fingerprint density at radius 2 is 2.03 bits per heavy atom. The summed E-state index contributed by atoms with van der Waals surface area (Å²) < 4.78 is 26.6. The van der Waals surface area contributed by atoms with Crippen molar-refractivity contribution < 1.29 is 13.6 Å². The summed E-state index contributed by atoms with van der Waals surface area (Å²) >= 11 is 1.23. The minimum atomic E-state index is -0.792. The van der Waals surface area contributed by atoms with Gasteiger partial charge < -0.3 is 10.2 Å². The first-order valence-electron chi connectivity index (χ1n) is 10.4. The Bertz CT molecular complexity index is 886. The molecule has 0 aromatic carbocycles. The number of amides is 1. The molecule has 2 aromatic rings. The maximum Gasteiger partial charge on any atom is 0.282 e. The van der Waals surface area contributed by atoms with E-state index in [4.69, 9.17) is 0 Å². The van der Waals surface area contributed by atoms with Crippen LogP contribution in [0.15, 0.2) is 12.3 Å². The third kappa shape index (κ3) is 4.92. The van der Waals surface area contributed by atoms with E-state index >= 15 is 0 Å². The molecule has 7 nitrogen and oxygen atoms in total. The van der Waals surface area contributed by atoms with Crippen LogP contribution in [0.25, 0.3) is 0 Å². The van der Waals surface area contributed by atoms with Crippen molar-refractivity contribution in [3.05, 3.63) is 34.6 Å². The highest BCUT2D eigenvalue weighted by Gasteiger charge is 2.29. The molecule has 1 N–H and O–H groups in total. The molecule has 0 saturated carbocycles. The largest absolute Gasteiger partial charge is 0.347 e. The van der Waals surface area contributed by atoms with Crippen LogP contribution in [0, 0.1) is 17.6 Å². The van der Waals surface area contributed by atoms with Gasteiger partial charge in [0.1, 0.15) is 11.6 Å². The maximum atomic E-state index is 13.6. The van der Waals surface area contributed by atoms with Gasteiger partial charge in [-0.05, 0) is 38.1 Å². The molecule has 10 heteroatoms. The summed E-state index contributed by atoms with van der Waals surface area (Å²) in [4.78, 5) is 20.8. The van der Waals surface area contributed by atoms with E-state index in [0.29, 0.717) is 6.04 Å². The van der Waals surface area contributed by atoms with Gasteiger partial charge in [-0.3, -0.25) is 14.7 Å². The van der Waals surface area contributed by atoms with Gasteiger partial charge in [-0.1, -0.05) is 18.3 Å². The average molecular weight is 437 g/mol. The van der Waals surface area contributed by atoms with Crippen LogP contribution in [0.4, 0.5) is 13.9 Å². The standard InChI is InChI=1S/C20H26F2N6OS/c1-13-3-2-6-28(12-13)15-4-7-27(8-5-15)20-26-25-19(30-20)18(29)24-11-17-16(22)9-14(21)10-23-17/h9-10,13,15H,2-8,11-12H2,1H3,(H,24,29)/t13-/m1/s1. The fourth-order valence-corrected chi connectivity index (χ4v) is 5.04. The van der Waals surface area contributed by atoms with Crippen LogP contribution in [0.3, 0.4) is 0 Å². The number of nitrogens with zero attached hydrogens (tertiary/aromatic N) is 5. The van der Waals surface area contributed by atoms with Crippen LogP contribution in [0.1, 0.15) is 48.1 Å². The van der Waals surface area contributed by atoms with Gasteiger partial charge in [-0.25, -0.2) is 8.78 Å². The van der Waals surface area contributed by atoms with Gasteiger partial charge >= 0.3 is 0 Å². The number of piperidine rings is 2. The van der Waals surface area contributed by atoms with E-state index in [0.717, 1.165) is 49.2 Å². The van der Waals surface area contributed by atoms with E-state index in [9.17, 15) is 13.6 Å². The first-order chi connectivity index (χ1) is 14.5. The number of aromatic nitrogens is 3. The first kappa shape index (κ1) is 21.0. The second-order valence-corrected chi connectivity index (χ2v) is 9.07. The van der Waals surface area contributed by atoms with Gasteiger partial charge in [0.05, 0.1) is 18.4 Å². The SMILES string of the molecule is C[C@@H]1CCCN(C2CCN(c3nnc(C(=O)NCc4ncc(F)cc4F)s3)CC2)C1. The molecule has 0 unspecified atom stereocenters. The molecule has 1 atom stereocenters. The number of carbonyl (C=O) groups is 1. The van der Waals surface area contributed by atoms with Crippen molar-refractivity contribution in [3.8, 4) is 0 Å². The first-order valence-corrected chi connectivity index (χ1v) is 11.2. The summed E-state index contributed by atoms with van der Waals surface area (Å²) in [6.07, 6.45) is 5.71. The predicted octanol–water partition coefficient (Wildman–Crippen LogP) is 2.84. The maximum absolute atomic E-state index is 13.6. The van der Waals surface area contributed by atoms with Crippen LogP contribution in [-0.4, -0.2) is 58.2 Å². The molecular formula is C20H26F2N6OS. The van der Waals surface area contributed by atoms with Crippen molar-refractivity contribution in [2.75, 3.05) is 31.1 Å². The van der Waals surface area contributed by atoms with Crippen molar-refractivity contribution >= 4 is 22.4 Å². The number of nitrogens with one attached hydrogen (secondary N) is 1. The molecule has 2 aliphatic rings. The summed E-state index contributed by atoms with van der Waals surface area (Å²) in [7, 11) is 0. The van der Waals surface area contributed by atoms with Crippen LogP contribution in [0.5, 0.6) is 0 Å². The summed E-state index contributed by atoms with van der Waals surface area (Å²) in [5, 5.41) is 11.7. The predicted molar refractivity (Wildman–Crippen MR) is 110 cm³/mol. The summed E-state index contributed by atoms with van der Waals surface area (Å²) in [6.45, 7) is 6.38. The molecule has 2 fully saturated rings. The zero-order valence-electron chi connectivity index (χ0n) is 17.0. The van der Waals surface area contributed by atoms with Gasteiger partial charge in [0.25, 0.3) is 5.91 Å². The molecule has 4 rings (SSSR count). The Morgan fingerprint density at radius 1 is 1.23 bits per heavy atom. The second-order valence-electron chi connectivity index (χ2n) is 8.12. The molecule has 2 aromatic heterocycles. The Morgan fingerprint density at radius 3 is 2.77 bits per heavy atom. The molecule has 2 aliphatic heterocycles. The molecule has 4 heterocycles. The van der Waals surface area contributed by atoms with E-state index in [2.05, 4.69) is 37.2 Å². The molecule has 30 heavy (non-hydrogen) atoms. The summed E-state index contributed by atoms with van der Waals surface area (Å²) in [5.74, 6) is -1.21. The average Bonchev–Trinajstić information content (AvgIpc) is 3.23. The number of rotatable bonds is 5. The molecule has 162 valence electrons. The Labute approximate surface area is 178 Å². The number of hydrogen-bond acceptors (Lipinski definition) is 7. The Kier molecular flexibility index (Phi) is 6.52. The fourth-order valence-electron chi connectivity index (χ4n) is 4.23. The minimum absolute atomic E-state index is 0.0245. The quantitative estimate of drug-likeness (QED) is 0.777. The molecule has 0 radical (unpaired) electrons. The molecule has 0 aliphatic carbocycles. The number of carbonyl (C=O) groups excluding carboxylic acids is 1. The van der Waals surface area contributed by atoms with E-state index < -0.39 is 17.5 Å². The lowest BCUT2D eigenvalue weighted by molar-refractivity contribution is 0.0949. The normalized spacial score (nSPS) is 21.0. The molecule has 2 saturated heterocycles. The lowest BCUT2D eigenvalue weighted by Gasteiger charge is -2.41. The third-order valence-electron chi connectivity index (χ3n) is 5.85. The van der Waals surface area contributed by atoms with Gasteiger partial charge in [-0.15, -0.1) is 10.2 Å². The van der Waals surface area contributed by atoms with Crippen LogP contribution >= 0.6 is 11.3 Å². The van der Waals surface area contributed by atoms with Gasteiger partial charge in [0, 0.05) is 31.7 Å². The van der Waals surface area contributed by atoms with Crippen molar-refractivity contribution in [1.29, 1.82) is 0 Å². The van der Waals surface area contributed by atoms with Crippen molar-refractivity contribution in [1.82, 2.24) is 25.4 Å². The van der Waals surface area contributed by atoms with E-state index in [1.165, 1.54) is 37.3 Å². The number of likely N-dealkylation sites (tertiary alicyclic amines) is 1. The number of anilines is 1. The second kappa shape index (κ2) is 9.30. The minimum Gasteiger partial charge on any atom is -0.347 e. The van der Waals surface area contributed by atoms with Crippen molar-refractivity contribution in [2.24, 2.45) is 5.92 Å². The van der Waals surface area contributed by atoms with Gasteiger partial charge in [0.15, 0.2) is 0 Å². The molecular weight excluding hydrogens is 410 g/mol. The summed E-state index contributed by atoms with van der Waals surface area (Å²) in [6, 6.07) is 1.36. The lowest BCUT2D eigenvalue weighted by Crippen LogP contribution is -2.48. The third-order valence-corrected chi connectivity index (χ3v) is 6.83. The van der Waals surface area contributed by atoms with Crippen molar-refractivity contribution in [3.63, 3.8) is 0 Å². The van der Waals surface area contributed by atoms with Gasteiger partial charge in [-0.2, -0.15) is 0 Å². The van der Waals surface area contributed by atoms with E-state index in [1.54, 1.807) is 0 Å². The van der Waals surface area contributed by atoms with Crippen LogP contribution in [0.2, 0.25) is 0 Å². The smallest absolute Gasteiger partial charge is 0.282 e. The molecule has 0 spiro atoms. The van der Waals surface area contributed by atoms with E-state index in [1.807, 2.05) is 0 Å².